The lowest BCUT2D eigenvalue weighted by Crippen LogP contribution is -2.38. The number of halogens is 2. The first-order chi connectivity index (χ1) is 12.9. The summed E-state index contributed by atoms with van der Waals surface area (Å²) in [6, 6.07) is 3.69. The van der Waals surface area contributed by atoms with E-state index in [9.17, 15) is 13.9 Å². The fourth-order valence-corrected chi connectivity index (χ4v) is 4.52. The Kier molecular flexibility index (Phi) is 3.54. The summed E-state index contributed by atoms with van der Waals surface area (Å²) in [7, 11) is 1.84. The molecule has 4 heterocycles. The maximum Gasteiger partial charge on any atom is 0.248 e. The van der Waals surface area contributed by atoms with Gasteiger partial charge in [-0.05, 0) is 12.1 Å². The Hall–Kier alpha value is -2.52. The largest absolute Gasteiger partial charge is 0.387 e. The molecule has 27 heavy (non-hydrogen) atoms. The molecular formula is C18H15F2N5OS. The second kappa shape index (κ2) is 5.74. The molecule has 0 unspecified atom stereocenters. The molecule has 138 valence electrons. The van der Waals surface area contributed by atoms with Gasteiger partial charge in [-0.1, -0.05) is 0 Å². The summed E-state index contributed by atoms with van der Waals surface area (Å²) >= 11 is 1.29. The van der Waals surface area contributed by atoms with Gasteiger partial charge in [-0.15, -0.1) is 11.3 Å². The Bertz CT molecular complexity index is 1160. The first-order valence-electron chi connectivity index (χ1n) is 8.50. The van der Waals surface area contributed by atoms with Gasteiger partial charge in [0.15, 0.2) is 5.65 Å². The molecule has 0 amide bonds. The topological polar surface area (TPSA) is 76.7 Å². The van der Waals surface area contributed by atoms with E-state index in [0.717, 1.165) is 10.9 Å². The minimum Gasteiger partial charge on any atom is -0.387 e. The van der Waals surface area contributed by atoms with Crippen LogP contribution in [0.15, 0.2) is 30.7 Å². The number of hydrogen-bond donors (Lipinski definition) is 1. The zero-order valence-electron chi connectivity index (χ0n) is 14.3. The SMILES string of the molecule is Cn1cc2cc(-c3cnc4cc([C@@H](O)C5CC(F)(F)C5)sc4n3)cnc2n1. The summed E-state index contributed by atoms with van der Waals surface area (Å²) in [4.78, 5) is 14.7. The van der Waals surface area contributed by atoms with Gasteiger partial charge in [0.2, 0.25) is 5.92 Å². The first kappa shape index (κ1) is 16.6. The van der Waals surface area contributed by atoms with E-state index in [0.29, 0.717) is 26.6 Å². The van der Waals surface area contributed by atoms with E-state index in [1.54, 1.807) is 23.1 Å². The first-order valence-corrected chi connectivity index (χ1v) is 9.32. The predicted molar refractivity (Wildman–Crippen MR) is 97.5 cm³/mol. The number of aromatic nitrogens is 5. The van der Waals surface area contributed by atoms with Gasteiger partial charge in [0.25, 0.3) is 0 Å². The highest BCUT2D eigenvalue weighted by Crippen LogP contribution is 2.49. The highest BCUT2D eigenvalue weighted by atomic mass is 32.1. The summed E-state index contributed by atoms with van der Waals surface area (Å²) < 4.78 is 27.9. The molecule has 1 saturated carbocycles. The zero-order valence-corrected chi connectivity index (χ0v) is 15.1. The maximum absolute atomic E-state index is 13.1. The molecular weight excluding hydrogens is 372 g/mol. The van der Waals surface area contributed by atoms with Crippen molar-refractivity contribution in [3.8, 4) is 11.3 Å². The van der Waals surface area contributed by atoms with E-state index in [1.165, 1.54) is 11.3 Å². The van der Waals surface area contributed by atoms with Gasteiger partial charge < -0.3 is 5.11 Å². The average molecular weight is 387 g/mol. The molecule has 0 radical (unpaired) electrons. The lowest BCUT2D eigenvalue weighted by Gasteiger charge is -2.37. The summed E-state index contributed by atoms with van der Waals surface area (Å²) in [5, 5.41) is 15.5. The van der Waals surface area contributed by atoms with Gasteiger partial charge in [-0.3, -0.25) is 9.67 Å². The molecule has 9 heteroatoms. The van der Waals surface area contributed by atoms with E-state index in [1.807, 2.05) is 19.3 Å². The Labute approximate surface area is 156 Å². The Morgan fingerprint density at radius 3 is 2.85 bits per heavy atom. The highest BCUT2D eigenvalue weighted by Gasteiger charge is 2.48. The number of thiophene rings is 1. The van der Waals surface area contributed by atoms with Crippen LogP contribution in [0.5, 0.6) is 0 Å². The zero-order chi connectivity index (χ0) is 18.8. The van der Waals surface area contributed by atoms with Crippen LogP contribution in [-0.4, -0.2) is 35.8 Å². The van der Waals surface area contributed by atoms with Crippen molar-refractivity contribution in [1.82, 2.24) is 24.7 Å². The van der Waals surface area contributed by atoms with Crippen molar-refractivity contribution in [2.75, 3.05) is 0 Å². The average Bonchev–Trinajstić information content (AvgIpc) is 3.19. The van der Waals surface area contributed by atoms with Crippen molar-refractivity contribution in [3.05, 3.63) is 35.6 Å². The molecule has 5 rings (SSSR count). The van der Waals surface area contributed by atoms with Gasteiger partial charge in [-0.25, -0.2) is 18.7 Å². The molecule has 4 aromatic rings. The van der Waals surface area contributed by atoms with E-state index in [2.05, 4.69) is 20.1 Å². The number of aliphatic hydroxyl groups is 1. The van der Waals surface area contributed by atoms with Crippen molar-refractivity contribution in [2.24, 2.45) is 13.0 Å². The molecule has 6 nitrogen and oxygen atoms in total. The number of hydrogen-bond acceptors (Lipinski definition) is 6. The summed E-state index contributed by atoms with van der Waals surface area (Å²) in [6.07, 6.45) is 3.79. The molecule has 1 aliphatic rings. The minimum atomic E-state index is -2.65. The summed E-state index contributed by atoms with van der Waals surface area (Å²) in [6.45, 7) is 0. The number of aliphatic hydroxyl groups excluding tert-OH is 1. The number of pyridine rings is 1. The predicted octanol–water partition coefficient (Wildman–Crippen LogP) is 3.72. The van der Waals surface area contributed by atoms with Gasteiger partial charge in [0, 0.05) is 54.0 Å². The summed E-state index contributed by atoms with van der Waals surface area (Å²) in [5.74, 6) is -3.06. The minimum absolute atomic E-state index is 0.273. The van der Waals surface area contributed by atoms with Crippen LogP contribution in [-0.2, 0) is 7.05 Å². The molecule has 1 atom stereocenters. The van der Waals surface area contributed by atoms with Gasteiger partial charge in [0.1, 0.15) is 10.3 Å². The fraction of sp³-hybridized carbons (Fsp3) is 0.333. The number of aryl methyl sites for hydroxylation is 1. The second-order valence-corrected chi connectivity index (χ2v) is 8.07. The molecule has 1 N–H and O–H groups in total. The van der Waals surface area contributed by atoms with Crippen LogP contribution in [0.4, 0.5) is 8.78 Å². The monoisotopic (exact) mass is 387 g/mol. The quantitative estimate of drug-likeness (QED) is 0.580. The van der Waals surface area contributed by atoms with Gasteiger partial charge in [0.05, 0.1) is 18.0 Å². The third kappa shape index (κ3) is 2.87. The van der Waals surface area contributed by atoms with E-state index in [4.69, 9.17) is 0 Å². The number of alkyl halides is 2. The van der Waals surface area contributed by atoms with Crippen LogP contribution in [0.25, 0.3) is 32.6 Å². The van der Waals surface area contributed by atoms with E-state index in [-0.39, 0.29) is 12.8 Å². The normalized spacial score (nSPS) is 18.1. The van der Waals surface area contributed by atoms with Crippen LogP contribution in [0, 0.1) is 5.92 Å². The van der Waals surface area contributed by atoms with Crippen molar-refractivity contribution in [1.29, 1.82) is 0 Å². The van der Waals surface area contributed by atoms with Crippen LogP contribution in [0.2, 0.25) is 0 Å². The molecule has 1 fully saturated rings. The molecule has 0 aliphatic heterocycles. The van der Waals surface area contributed by atoms with E-state index >= 15 is 0 Å². The van der Waals surface area contributed by atoms with E-state index < -0.39 is 17.9 Å². The molecule has 0 aromatic carbocycles. The van der Waals surface area contributed by atoms with Gasteiger partial charge in [-0.2, -0.15) is 5.10 Å². The van der Waals surface area contributed by atoms with Crippen molar-refractivity contribution in [2.45, 2.75) is 24.9 Å². The molecule has 4 aromatic heterocycles. The lowest BCUT2D eigenvalue weighted by atomic mass is 9.77. The molecule has 0 bridgehead atoms. The number of rotatable bonds is 3. The Balaban J connectivity index is 1.47. The molecule has 1 aliphatic carbocycles. The standard InChI is InChI=1S/C18H15F2N5OS/c1-25-8-10-2-9(6-22-16(10)24-25)13-7-21-12-3-14(27-17(12)23-13)15(26)11-4-18(19,20)5-11/h2-3,6-8,11,15,26H,4-5H2,1H3/t15-/m0/s1. The summed E-state index contributed by atoms with van der Waals surface area (Å²) in [5.41, 5.74) is 2.80. The van der Waals surface area contributed by atoms with Crippen LogP contribution < -0.4 is 0 Å². The highest BCUT2D eigenvalue weighted by molar-refractivity contribution is 7.18. The maximum atomic E-state index is 13.1. The van der Waals surface area contributed by atoms with Crippen LogP contribution >= 0.6 is 11.3 Å². The van der Waals surface area contributed by atoms with Crippen molar-refractivity contribution < 1.29 is 13.9 Å². The molecule has 0 saturated heterocycles. The van der Waals surface area contributed by atoms with Crippen LogP contribution in [0.1, 0.15) is 23.8 Å². The number of nitrogens with zero attached hydrogens (tertiary/aromatic N) is 5. The number of fused-ring (bicyclic) bond motifs is 2. The second-order valence-electron chi connectivity index (χ2n) is 7.00. The Morgan fingerprint density at radius 1 is 1.26 bits per heavy atom. The van der Waals surface area contributed by atoms with Crippen LogP contribution in [0.3, 0.4) is 0 Å². The Morgan fingerprint density at radius 2 is 2.07 bits per heavy atom. The lowest BCUT2D eigenvalue weighted by molar-refractivity contribution is -0.141. The third-order valence-electron chi connectivity index (χ3n) is 4.89. The van der Waals surface area contributed by atoms with Gasteiger partial charge >= 0.3 is 0 Å². The molecule has 0 spiro atoms. The van der Waals surface area contributed by atoms with Crippen molar-refractivity contribution in [3.63, 3.8) is 0 Å². The third-order valence-corrected chi connectivity index (χ3v) is 5.98. The smallest absolute Gasteiger partial charge is 0.248 e. The fourth-order valence-electron chi connectivity index (χ4n) is 3.45. The van der Waals surface area contributed by atoms with Crippen molar-refractivity contribution >= 4 is 32.7 Å².